The monoisotopic (exact) mass is 330 g/mol. The lowest BCUT2D eigenvalue weighted by Gasteiger charge is -2.06. The minimum atomic E-state index is -1.62. The van der Waals surface area contributed by atoms with Gasteiger partial charge >= 0.3 is 11.9 Å². The summed E-state index contributed by atoms with van der Waals surface area (Å²) >= 11 is 0. The van der Waals surface area contributed by atoms with Crippen molar-refractivity contribution in [3.63, 3.8) is 0 Å². The molecule has 5 nitrogen and oxygen atoms in total. The summed E-state index contributed by atoms with van der Waals surface area (Å²) in [6.07, 6.45) is 13.1. The van der Waals surface area contributed by atoms with E-state index < -0.39 is 24.6 Å². The maximum absolute atomic E-state index is 11.3. The molecule has 0 aliphatic rings. The Balaban J connectivity index is 3.29. The first-order valence-electron chi connectivity index (χ1n) is 9.15. The van der Waals surface area contributed by atoms with Crippen LogP contribution < -0.4 is 0 Å². The summed E-state index contributed by atoms with van der Waals surface area (Å²) < 4.78 is 4.42. The van der Waals surface area contributed by atoms with Gasteiger partial charge in [0.15, 0.2) is 6.10 Å². The van der Waals surface area contributed by atoms with Crippen molar-refractivity contribution in [3.05, 3.63) is 0 Å². The van der Waals surface area contributed by atoms with Gasteiger partial charge in [0.05, 0.1) is 6.61 Å². The molecule has 0 fully saturated rings. The van der Waals surface area contributed by atoms with Crippen LogP contribution in [-0.2, 0) is 14.3 Å². The average Bonchev–Trinajstić information content (AvgIpc) is 2.54. The predicted molar refractivity (Wildman–Crippen MR) is 89.9 cm³/mol. The minimum absolute atomic E-state index is 0.182. The number of carbonyl (C=O) groups is 2. The zero-order valence-corrected chi connectivity index (χ0v) is 14.6. The van der Waals surface area contributed by atoms with Crippen LogP contribution in [0.25, 0.3) is 0 Å². The molecule has 0 heterocycles. The lowest BCUT2D eigenvalue weighted by molar-refractivity contribution is -0.167. The Bertz CT molecular complexity index is 304. The molecule has 0 bridgehead atoms. The van der Waals surface area contributed by atoms with Crippen molar-refractivity contribution in [2.45, 2.75) is 96.5 Å². The Hall–Kier alpha value is -0.940. The molecule has 0 amide bonds. The summed E-state index contributed by atoms with van der Waals surface area (Å²) in [7, 11) is 0. The molecular formula is C18H34O5. The van der Waals surface area contributed by atoms with E-state index in [0.29, 0.717) is 6.42 Å². The van der Waals surface area contributed by atoms with E-state index in [-0.39, 0.29) is 6.42 Å². The van der Waals surface area contributed by atoms with E-state index in [2.05, 4.69) is 11.7 Å². The van der Waals surface area contributed by atoms with Crippen LogP contribution >= 0.6 is 0 Å². The average molecular weight is 330 g/mol. The van der Waals surface area contributed by atoms with E-state index in [1.54, 1.807) is 0 Å². The van der Waals surface area contributed by atoms with Gasteiger partial charge in [0.1, 0.15) is 0 Å². The highest BCUT2D eigenvalue weighted by atomic mass is 16.6. The van der Waals surface area contributed by atoms with Gasteiger partial charge in [-0.05, 0) is 6.42 Å². The topological polar surface area (TPSA) is 83.8 Å². The summed E-state index contributed by atoms with van der Waals surface area (Å²) in [4.78, 5) is 22.4. The molecule has 0 aromatic heterocycles. The quantitative estimate of drug-likeness (QED) is 0.273. The van der Waals surface area contributed by atoms with Crippen LogP contribution in [0.1, 0.15) is 90.4 Å². The number of ether oxygens (including phenoxy) is 1. The maximum atomic E-state index is 11.3. The molecule has 0 spiro atoms. The van der Waals surface area contributed by atoms with Crippen LogP contribution in [-0.4, -0.2) is 34.9 Å². The summed E-state index contributed by atoms with van der Waals surface area (Å²) in [6.45, 7) is 1.50. The molecule has 0 rings (SSSR count). The lowest BCUT2D eigenvalue weighted by Crippen LogP contribution is -2.28. The second-order valence-corrected chi connectivity index (χ2v) is 6.13. The molecule has 23 heavy (non-hydrogen) atoms. The van der Waals surface area contributed by atoms with E-state index in [0.717, 1.165) is 12.8 Å². The normalized spacial score (nSPS) is 12.1. The maximum Gasteiger partial charge on any atom is 0.345 e. The van der Waals surface area contributed by atoms with Crippen molar-refractivity contribution in [2.75, 3.05) is 6.61 Å². The number of unbranched alkanes of at least 4 members (excludes halogenated alkanes) is 11. The molecule has 0 aromatic carbocycles. The highest BCUT2D eigenvalue weighted by Crippen LogP contribution is 2.12. The molecule has 0 radical (unpaired) electrons. The van der Waals surface area contributed by atoms with Gasteiger partial charge in [-0.1, -0.05) is 77.6 Å². The van der Waals surface area contributed by atoms with Gasteiger partial charge in [0, 0.05) is 6.42 Å². The van der Waals surface area contributed by atoms with Gasteiger partial charge in [-0.3, -0.25) is 4.79 Å². The smallest absolute Gasteiger partial charge is 0.345 e. The fourth-order valence-corrected chi connectivity index (χ4v) is 2.42. The number of hydrogen-bond acceptors (Lipinski definition) is 5. The standard InChI is InChI=1S/C18H34O5/c1-2-3-4-5-6-7-8-9-10-11-12-13-14-17(21)23-18(22)16(20)15-19/h16,19-20H,2-15H2,1H3. The Morgan fingerprint density at radius 1 is 0.826 bits per heavy atom. The Morgan fingerprint density at radius 2 is 1.26 bits per heavy atom. The first-order chi connectivity index (χ1) is 11.1. The van der Waals surface area contributed by atoms with Crippen LogP contribution in [0.15, 0.2) is 0 Å². The van der Waals surface area contributed by atoms with E-state index >= 15 is 0 Å². The van der Waals surface area contributed by atoms with Crippen molar-refractivity contribution in [1.29, 1.82) is 0 Å². The molecule has 0 aliphatic carbocycles. The highest BCUT2D eigenvalue weighted by molar-refractivity contribution is 5.87. The van der Waals surface area contributed by atoms with E-state index in [4.69, 9.17) is 10.2 Å². The van der Waals surface area contributed by atoms with Gasteiger partial charge in [-0.25, -0.2) is 4.79 Å². The van der Waals surface area contributed by atoms with Crippen LogP contribution in [0.4, 0.5) is 0 Å². The third-order valence-electron chi connectivity index (χ3n) is 3.89. The Morgan fingerprint density at radius 3 is 1.70 bits per heavy atom. The zero-order chi connectivity index (χ0) is 17.3. The first-order valence-corrected chi connectivity index (χ1v) is 9.15. The van der Waals surface area contributed by atoms with Crippen molar-refractivity contribution < 1.29 is 24.5 Å². The number of carbonyl (C=O) groups excluding carboxylic acids is 2. The Kier molecular flexibility index (Phi) is 15.3. The highest BCUT2D eigenvalue weighted by Gasteiger charge is 2.18. The van der Waals surface area contributed by atoms with Gasteiger partial charge in [0.2, 0.25) is 0 Å². The molecule has 136 valence electrons. The van der Waals surface area contributed by atoms with E-state index in [1.165, 1.54) is 57.8 Å². The number of esters is 2. The molecular weight excluding hydrogens is 296 g/mol. The Labute approximate surface area is 140 Å². The first kappa shape index (κ1) is 22.1. The van der Waals surface area contributed by atoms with Crippen LogP contribution in [0.3, 0.4) is 0 Å². The van der Waals surface area contributed by atoms with Crippen molar-refractivity contribution in [2.24, 2.45) is 0 Å². The van der Waals surface area contributed by atoms with Crippen LogP contribution in [0.5, 0.6) is 0 Å². The second kappa shape index (κ2) is 15.9. The summed E-state index contributed by atoms with van der Waals surface area (Å²) in [5, 5.41) is 17.5. The molecule has 0 saturated heterocycles. The van der Waals surface area contributed by atoms with Crippen molar-refractivity contribution >= 4 is 11.9 Å². The number of hydrogen-bond donors (Lipinski definition) is 2. The van der Waals surface area contributed by atoms with E-state index in [1.807, 2.05) is 0 Å². The third kappa shape index (κ3) is 14.4. The van der Waals surface area contributed by atoms with Crippen LogP contribution in [0, 0.1) is 0 Å². The molecule has 1 atom stereocenters. The zero-order valence-electron chi connectivity index (χ0n) is 14.6. The van der Waals surface area contributed by atoms with Gasteiger partial charge in [0.25, 0.3) is 0 Å². The van der Waals surface area contributed by atoms with Crippen molar-refractivity contribution in [3.8, 4) is 0 Å². The third-order valence-corrected chi connectivity index (χ3v) is 3.89. The number of rotatable bonds is 15. The largest absolute Gasteiger partial charge is 0.393 e. The molecule has 1 unspecified atom stereocenters. The molecule has 2 N–H and O–H groups in total. The SMILES string of the molecule is CCCCCCCCCCCCCCC(=O)OC(=O)C(O)CO. The summed E-state index contributed by atoms with van der Waals surface area (Å²) in [5.74, 6) is -1.70. The van der Waals surface area contributed by atoms with Crippen LogP contribution in [0.2, 0.25) is 0 Å². The molecule has 0 aromatic rings. The van der Waals surface area contributed by atoms with Crippen molar-refractivity contribution in [1.82, 2.24) is 0 Å². The van der Waals surface area contributed by atoms with Gasteiger partial charge in [-0.15, -0.1) is 0 Å². The molecule has 0 aliphatic heterocycles. The van der Waals surface area contributed by atoms with Gasteiger partial charge < -0.3 is 14.9 Å². The fourth-order valence-electron chi connectivity index (χ4n) is 2.42. The lowest BCUT2D eigenvalue weighted by atomic mass is 10.0. The number of aliphatic hydroxyl groups is 2. The second-order valence-electron chi connectivity index (χ2n) is 6.13. The summed E-state index contributed by atoms with van der Waals surface area (Å²) in [5.41, 5.74) is 0. The fraction of sp³-hybridized carbons (Fsp3) is 0.889. The van der Waals surface area contributed by atoms with E-state index in [9.17, 15) is 9.59 Å². The van der Waals surface area contributed by atoms with Gasteiger partial charge in [-0.2, -0.15) is 0 Å². The molecule has 5 heteroatoms. The minimum Gasteiger partial charge on any atom is -0.393 e. The predicted octanol–water partition coefficient (Wildman–Crippen LogP) is 3.50. The summed E-state index contributed by atoms with van der Waals surface area (Å²) in [6, 6.07) is 0. The molecule has 0 saturated carbocycles. The number of aliphatic hydroxyl groups excluding tert-OH is 2.